The van der Waals surface area contributed by atoms with Gasteiger partial charge in [-0.05, 0) is 31.6 Å². The summed E-state index contributed by atoms with van der Waals surface area (Å²) in [7, 11) is 1.79. The first-order valence-corrected chi connectivity index (χ1v) is 6.49. The molecule has 0 bridgehead atoms. The van der Waals surface area contributed by atoms with Crippen molar-refractivity contribution >= 4 is 12.2 Å². The fourth-order valence-electron chi connectivity index (χ4n) is 1.99. The second-order valence-electron chi connectivity index (χ2n) is 4.93. The summed E-state index contributed by atoms with van der Waals surface area (Å²) in [5.74, 6) is 1.75. The molecule has 0 aliphatic heterocycles. The third-order valence-corrected chi connectivity index (χ3v) is 3.25. The quantitative estimate of drug-likeness (QED) is 0.680. The van der Waals surface area contributed by atoms with Gasteiger partial charge in [-0.1, -0.05) is 13.3 Å². The predicted molar refractivity (Wildman–Crippen MR) is 68.0 cm³/mol. The minimum Gasteiger partial charge on any atom is -0.303 e. The van der Waals surface area contributed by atoms with Crippen molar-refractivity contribution in [2.45, 2.75) is 45.6 Å². The molecule has 1 aliphatic carbocycles. The van der Waals surface area contributed by atoms with E-state index in [2.05, 4.69) is 18.1 Å². The highest BCUT2D eigenvalue weighted by Gasteiger charge is 2.23. The molecule has 0 N–H and O–H groups in total. The first-order valence-electron chi connectivity index (χ1n) is 6.49. The van der Waals surface area contributed by atoms with Gasteiger partial charge in [0.2, 0.25) is 6.41 Å². The van der Waals surface area contributed by atoms with Gasteiger partial charge >= 0.3 is 0 Å². The Labute approximate surface area is 103 Å². The van der Waals surface area contributed by atoms with Crippen LogP contribution < -0.4 is 4.90 Å². The van der Waals surface area contributed by atoms with Crippen molar-refractivity contribution in [2.75, 3.05) is 11.9 Å². The fraction of sp³-hybridized carbons (Fsp3) is 0.692. The maximum absolute atomic E-state index is 10.9. The van der Waals surface area contributed by atoms with E-state index in [4.69, 9.17) is 0 Å². The van der Waals surface area contributed by atoms with Crippen LogP contribution in [0.15, 0.2) is 6.07 Å². The molecule has 1 aliphatic rings. The molecule has 94 valence electrons. The zero-order valence-electron chi connectivity index (χ0n) is 10.7. The smallest absolute Gasteiger partial charge is 0.215 e. The van der Waals surface area contributed by atoms with Crippen LogP contribution in [0.4, 0.5) is 5.82 Å². The molecule has 0 saturated heterocycles. The summed E-state index contributed by atoms with van der Waals surface area (Å²) in [5.41, 5.74) is 1.13. The predicted octanol–water partition coefficient (Wildman–Crippen LogP) is 2.23. The maximum Gasteiger partial charge on any atom is 0.215 e. The highest BCUT2D eigenvalue weighted by atomic mass is 16.1. The molecule has 4 nitrogen and oxygen atoms in total. The second-order valence-corrected chi connectivity index (χ2v) is 4.93. The van der Waals surface area contributed by atoms with Gasteiger partial charge in [-0.3, -0.25) is 4.79 Å². The Balaban J connectivity index is 2.12. The molecular weight excluding hydrogens is 214 g/mol. The van der Waals surface area contributed by atoms with Gasteiger partial charge in [0.15, 0.2) is 0 Å². The number of aryl methyl sites for hydroxylation is 1. The molecule has 1 aromatic rings. The Morgan fingerprint density at radius 3 is 2.94 bits per heavy atom. The van der Waals surface area contributed by atoms with E-state index in [0.717, 1.165) is 49.6 Å². The number of aromatic nitrogens is 2. The maximum atomic E-state index is 10.9. The summed E-state index contributed by atoms with van der Waals surface area (Å²) in [5, 5.41) is 4.61. The van der Waals surface area contributed by atoms with Gasteiger partial charge in [-0.25, -0.2) is 4.68 Å². The van der Waals surface area contributed by atoms with Crippen LogP contribution in [0.3, 0.4) is 0 Å². The summed E-state index contributed by atoms with van der Waals surface area (Å²) in [6, 6.07) is 2.06. The molecule has 0 aromatic carbocycles. The van der Waals surface area contributed by atoms with Crippen LogP contribution >= 0.6 is 0 Å². The van der Waals surface area contributed by atoms with Gasteiger partial charge in [-0.2, -0.15) is 5.10 Å². The Morgan fingerprint density at radius 2 is 2.35 bits per heavy atom. The lowest BCUT2D eigenvalue weighted by molar-refractivity contribution is -0.107. The third-order valence-electron chi connectivity index (χ3n) is 3.25. The summed E-state index contributed by atoms with van der Waals surface area (Å²) < 4.78 is 1.97. The first-order chi connectivity index (χ1) is 8.24. The topological polar surface area (TPSA) is 38.1 Å². The van der Waals surface area contributed by atoms with Crippen molar-refractivity contribution < 1.29 is 4.79 Å². The number of rotatable bonds is 7. The fourth-order valence-corrected chi connectivity index (χ4v) is 1.99. The van der Waals surface area contributed by atoms with Crippen molar-refractivity contribution in [1.29, 1.82) is 0 Å². The number of hydrogen-bond donors (Lipinski definition) is 0. The van der Waals surface area contributed by atoms with Crippen molar-refractivity contribution in [3.63, 3.8) is 0 Å². The monoisotopic (exact) mass is 235 g/mol. The van der Waals surface area contributed by atoms with Crippen molar-refractivity contribution in [3.8, 4) is 0 Å². The third kappa shape index (κ3) is 3.08. The van der Waals surface area contributed by atoms with Crippen LogP contribution in [-0.4, -0.2) is 23.2 Å². The normalized spacial score (nSPS) is 14.9. The average Bonchev–Trinajstić information content (AvgIpc) is 3.05. The Kier molecular flexibility index (Phi) is 3.82. The van der Waals surface area contributed by atoms with Gasteiger partial charge < -0.3 is 4.90 Å². The van der Waals surface area contributed by atoms with Crippen LogP contribution in [0, 0.1) is 5.92 Å². The van der Waals surface area contributed by atoms with Crippen molar-refractivity contribution in [2.24, 2.45) is 5.92 Å². The van der Waals surface area contributed by atoms with E-state index in [9.17, 15) is 4.79 Å². The molecule has 0 unspecified atom stereocenters. The largest absolute Gasteiger partial charge is 0.303 e. The standard InChI is InChI=1S/C13H21N3O/c1-3-4-7-16-13(15(2)10-17)9-12(14-16)8-11-5-6-11/h9-11H,3-8H2,1-2H3. The van der Waals surface area contributed by atoms with E-state index >= 15 is 0 Å². The molecule has 0 atom stereocenters. The molecule has 17 heavy (non-hydrogen) atoms. The van der Waals surface area contributed by atoms with E-state index in [-0.39, 0.29) is 0 Å². The Hall–Kier alpha value is -1.32. The number of nitrogens with zero attached hydrogens (tertiary/aromatic N) is 3. The molecule has 4 heteroatoms. The molecule has 0 spiro atoms. The molecule has 0 radical (unpaired) electrons. The summed E-state index contributed by atoms with van der Waals surface area (Å²) >= 11 is 0. The van der Waals surface area contributed by atoms with E-state index in [0.29, 0.717) is 0 Å². The lowest BCUT2D eigenvalue weighted by Crippen LogP contribution is -2.18. The van der Waals surface area contributed by atoms with Crippen molar-refractivity contribution in [3.05, 3.63) is 11.8 Å². The first kappa shape index (κ1) is 12.1. The minimum atomic E-state index is 0.832. The summed E-state index contributed by atoms with van der Waals surface area (Å²) in [6.45, 7) is 3.06. The lowest BCUT2D eigenvalue weighted by atomic mass is 10.2. The zero-order chi connectivity index (χ0) is 12.3. The number of hydrogen-bond acceptors (Lipinski definition) is 2. The van der Waals surface area contributed by atoms with Crippen molar-refractivity contribution in [1.82, 2.24) is 9.78 Å². The second kappa shape index (κ2) is 5.34. The summed E-state index contributed by atoms with van der Waals surface area (Å²) in [4.78, 5) is 12.5. The van der Waals surface area contributed by atoms with E-state index in [1.165, 1.54) is 12.8 Å². The van der Waals surface area contributed by atoms with E-state index in [1.54, 1.807) is 11.9 Å². The Morgan fingerprint density at radius 1 is 1.59 bits per heavy atom. The lowest BCUT2D eigenvalue weighted by Gasteiger charge is -2.12. The molecule has 1 amide bonds. The Bertz CT molecular complexity index is 382. The SMILES string of the molecule is CCCCn1nc(CC2CC2)cc1N(C)C=O. The average molecular weight is 235 g/mol. The van der Waals surface area contributed by atoms with Gasteiger partial charge in [0.05, 0.1) is 5.69 Å². The highest BCUT2D eigenvalue weighted by Crippen LogP contribution is 2.33. The molecule has 1 aromatic heterocycles. The van der Waals surface area contributed by atoms with Gasteiger partial charge in [0.1, 0.15) is 5.82 Å². The van der Waals surface area contributed by atoms with Crippen LogP contribution in [-0.2, 0) is 17.8 Å². The number of unbranched alkanes of at least 4 members (excludes halogenated alkanes) is 1. The molecule has 2 rings (SSSR count). The summed E-state index contributed by atoms with van der Waals surface area (Å²) in [6.07, 6.45) is 6.83. The number of carbonyl (C=O) groups is 1. The number of carbonyl (C=O) groups excluding carboxylic acids is 1. The van der Waals surface area contributed by atoms with Gasteiger partial charge in [0.25, 0.3) is 0 Å². The van der Waals surface area contributed by atoms with Crippen LogP contribution in [0.25, 0.3) is 0 Å². The van der Waals surface area contributed by atoms with Gasteiger partial charge in [0, 0.05) is 19.7 Å². The van der Waals surface area contributed by atoms with Crippen LogP contribution in [0.5, 0.6) is 0 Å². The van der Waals surface area contributed by atoms with Gasteiger partial charge in [-0.15, -0.1) is 0 Å². The molecule has 1 heterocycles. The van der Waals surface area contributed by atoms with Crippen LogP contribution in [0.2, 0.25) is 0 Å². The molecular formula is C13H21N3O. The molecule has 1 fully saturated rings. The van der Waals surface area contributed by atoms with E-state index < -0.39 is 0 Å². The van der Waals surface area contributed by atoms with Crippen LogP contribution in [0.1, 0.15) is 38.3 Å². The number of amides is 1. The zero-order valence-corrected chi connectivity index (χ0v) is 10.7. The minimum absolute atomic E-state index is 0.832. The van der Waals surface area contributed by atoms with E-state index in [1.807, 2.05) is 4.68 Å². The molecule has 1 saturated carbocycles. The highest BCUT2D eigenvalue weighted by molar-refractivity contribution is 5.72. The number of anilines is 1.